The number of aliphatic imine (C=N–C) groups is 1. The molecule has 2 saturated heterocycles. The summed E-state index contributed by atoms with van der Waals surface area (Å²) in [4.78, 5) is 21.1. The van der Waals surface area contributed by atoms with Crippen molar-refractivity contribution in [2.75, 3.05) is 44.2 Å². The lowest BCUT2D eigenvalue weighted by Gasteiger charge is -2.32. The summed E-state index contributed by atoms with van der Waals surface area (Å²) >= 11 is 0. The molecule has 1 aromatic rings. The van der Waals surface area contributed by atoms with E-state index >= 15 is 0 Å². The number of anilines is 1. The molecule has 0 unspecified atom stereocenters. The van der Waals surface area contributed by atoms with Crippen LogP contribution in [0.4, 0.5) is 5.69 Å². The molecule has 29 heavy (non-hydrogen) atoms. The fourth-order valence-corrected chi connectivity index (χ4v) is 4.19. The number of rotatable bonds is 8. The normalized spacial score (nSPS) is 19.0. The van der Waals surface area contributed by atoms with E-state index in [1.165, 1.54) is 38.9 Å². The summed E-state index contributed by atoms with van der Waals surface area (Å²) in [6.45, 7) is 11.3. The molecule has 1 amide bonds. The summed E-state index contributed by atoms with van der Waals surface area (Å²) in [6, 6.07) is 8.24. The standard InChI is InChI=1S/C23H37N5O/c1-3-13-27-15-11-20(12-16-27)18-26-23(24-4-2)25-17-19-7-9-21(10-8-19)28-14-5-6-22(28)29/h7-10,20H,3-6,11-18H2,1-2H3,(H2,24,25,26). The predicted octanol–water partition coefficient (Wildman–Crippen LogP) is 2.99. The fourth-order valence-electron chi connectivity index (χ4n) is 4.19. The average molecular weight is 400 g/mol. The van der Waals surface area contributed by atoms with Crippen molar-refractivity contribution in [2.45, 2.75) is 52.5 Å². The van der Waals surface area contributed by atoms with Gasteiger partial charge in [-0.2, -0.15) is 0 Å². The maximum Gasteiger partial charge on any atom is 0.227 e. The molecule has 2 N–H and O–H groups in total. The Balaban J connectivity index is 1.48. The fraction of sp³-hybridized carbons (Fsp3) is 0.652. The Morgan fingerprint density at radius 1 is 1.10 bits per heavy atom. The zero-order valence-electron chi connectivity index (χ0n) is 18.1. The quantitative estimate of drug-likeness (QED) is 0.521. The Labute approximate surface area is 175 Å². The van der Waals surface area contributed by atoms with Crippen molar-refractivity contribution in [1.29, 1.82) is 0 Å². The van der Waals surface area contributed by atoms with Gasteiger partial charge in [-0.1, -0.05) is 19.1 Å². The van der Waals surface area contributed by atoms with E-state index in [9.17, 15) is 4.79 Å². The van der Waals surface area contributed by atoms with Crippen LogP contribution in [0.1, 0.15) is 51.5 Å². The highest BCUT2D eigenvalue weighted by Crippen LogP contribution is 2.21. The molecule has 2 aliphatic heterocycles. The second-order valence-corrected chi connectivity index (χ2v) is 8.18. The molecular weight excluding hydrogens is 362 g/mol. The van der Waals surface area contributed by atoms with Gasteiger partial charge in [-0.15, -0.1) is 0 Å². The molecule has 0 radical (unpaired) electrons. The first-order valence-electron chi connectivity index (χ1n) is 11.3. The molecule has 2 aliphatic rings. The lowest BCUT2D eigenvalue weighted by atomic mass is 9.97. The number of amides is 1. The molecule has 0 spiro atoms. The van der Waals surface area contributed by atoms with Crippen LogP contribution < -0.4 is 15.5 Å². The number of hydrogen-bond donors (Lipinski definition) is 2. The van der Waals surface area contributed by atoms with E-state index in [0.717, 1.165) is 49.2 Å². The minimum atomic E-state index is 0.231. The number of likely N-dealkylation sites (tertiary alicyclic amines) is 1. The Hall–Kier alpha value is -2.08. The van der Waals surface area contributed by atoms with Gasteiger partial charge in [0.1, 0.15) is 0 Å². The van der Waals surface area contributed by atoms with Gasteiger partial charge >= 0.3 is 0 Å². The molecule has 0 bridgehead atoms. The van der Waals surface area contributed by atoms with Gasteiger partial charge in [0.2, 0.25) is 5.91 Å². The van der Waals surface area contributed by atoms with E-state index < -0.39 is 0 Å². The number of nitrogens with zero attached hydrogens (tertiary/aromatic N) is 3. The summed E-state index contributed by atoms with van der Waals surface area (Å²) in [5, 5.41) is 6.90. The molecule has 2 fully saturated rings. The third kappa shape index (κ3) is 6.46. The first-order chi connectivity index (χ1) is 14.2. The number of benzene rings is 1. The first-order valence-corrected chi connectivity index (χ1v) is 11.3. The minimum Gasteiger partial charge on any atom is -0.357 e. The summed E-state index contributed by atoms with van der Waals surface area (Å²) in [5.74, 6) is 1.85. The zero-order valence-corrected chi connectivity index (χ0v) is 18.1. The lowest BCUT2D eigenvalue weighted by Crippen LogP contribution is -2.43. The highest BCUT2D eigenvalue weighted by Gasteiger charge is 2.21. The number of piperidine rings is 1. The lowest BCUT2D eigenvalue weighted by molar-refractivity contribution is -0.117. The van der Waals surface area contributed by atoms with Crippen LogP contribution in [0.2, 0.25) is 0 Å². The maximum atomic E-state index is 11.9. The summed E-state index contributed by atoms with van der Waals surface area (Å²) in [7, 11) is 0. The summed E-state index contributed by atoms with van der Waals surface area (Å²) < 4.78 is 0. The van der Waals surface area contributed by atoms with Crippen LogP contribution in [-0.2, 0) is 11.3 Å². The van der Waals surface area contributed by atoms with E-state index in [2.05, 4.69) is 41.5 Å². The number of carbonyl (C=O) groups is 1. The largest absolute Gasteiger partial charge is 0.357 e. The van der Waals surface area contributed by atoms with Gasteiger partial charge in [-0.3, -0.25) is 4.79 Å². The number of hydrogen-bond acceptors (Lipinski definition) is 3. The van der Waals surface area contributed by atoms with E-state index in [0.29, 0.717) is 13.0 Å². The van der Waals surface area contributed by atoms with Crippen LogP contribution >= 0.6 is 0 Å². The molecule has 0 aliphatic carbocycles. The monoisotopic (exact) mass is 399 g/mol. The van der Waals surface area contributed by atoms with Gasteiger partial charge in [0.25, 0.3) is 0 Å². The van der Waals surface area contributed by atoms with Gasteiger partial charge in [-0.25, -0.2) is 4.99 Å². The van der Waals surface area contributed by atoms with Crippen molar-refractivity contribution in [3.05, 3.63) is 29.8 Å². The molecule has 2 heterocycles. The summed E-state index contributed by atoms with van der Waals surface area (Å²) in [5.41, 5.74) is 2.16. The molecule has 0 aromatic heterocycles. The molecule has 6 heteroatoms. The van der Waals surface area contributed by atoms with Gasteiger partial charge in [0.15, 0.2) is 5.96 Å². The summed E-state index contributed by atoms with van der Waals surface area (Å²) in [6.07, 6.45) is 5.41. The van der Waals surface area contributed by atoms with E-state index in [1.807, 2.05) is 17.0 Å². The number of guanidine groups is 1. The van der Waals surface area contributed by atoms with Crippen molar-refractivity contribution in [3.8, 4) is 0 Å². The second kappa shape index (κ2) is 11.2. The van der Waals surface area contributed by atoms with Crippen molar-refractivity contribution < 1.29 is 4.79 Å². The maximum absolute atomic E-state index is 11.9. The highest BCUT2D eigenvalue weighted by molar-refractivity contribution is 5.95. The SMILES string of the molecule is CCCN1CCC(CNC(=NCc2ccc(N3CCCC3=O)cc2)NCC)CC1. The number of carbonyl (C=O) groups excluding carboxylic acids is 1. The molecule has 3 rings (SSSR count). The predicted molar refractivity (Wildman–Crippen MR) is 120 cm³/mol. The van der Waals surface area contributed by atoms with E-state index in [1.54, 1.807) is 0 Å². The average Bonchev–Trinajstić information content (AvgIpc) is 3.17. The molecule has 160 valence electrons. The second-order valence-electron chi connectivity index (χ2n) is 8.18. The Kier molecular flexibility index (Phi) is 8.35. The van der Waals surface area contributed by atoms with Crippen molar-refractivity contribution in [1.82, 2.24) is 15.5 Å². The van der Waals surface area contributed by atoms with Gasteiger partial charge < -0.3 is 20.4 Å². The van der Waals surface area contributed by atoms with Crippen LogP contribution in [-0.4, -0.2) is 56.0 Å². The topological polar surface area (TPSA) is 60.0 Å². The van der Waals surface area contributed by atoms with Gasteiger partial charge in [0.05, 0.1) is 6.54 Å². The highest BCUT2D eigenvalue weighted by atomic mass is 16.2. The van der Waals surface area contributed by atoms with Gasteiger partial charge in [-0.05, 0) is 75.9 Å². The zero-order chi connectivity index (χ0) is 20.5. The van der Waals surface area contributed by atoms with E-state index in [4.69, 9.17) is 4.99 Å². The molecule has 6 nitrogen and oxygen atoms in total. The Morgan fingerprint density at radius 2 is 1.86 bits per heavy atom. The third-order valence-corrected chi connectivity index (χ3v) is 5.89. The minimum absolute atomic E-state index is 0.231. The first kappa shape index (κ1) is 21.6. The Bertz CT molecular complexity index is 664. The molecule has 0 atom stereocenters. The van der Waals surface area contributed by atoms with Crippen LogP contribution in [0.3, 0.4) is 0 Å². The van der Waals surface area contributed by atoms with Gasteiger partial charge in [0, 0.05) is 31.7 Å². The smallest absolute Gasteiger partial charge is 0.227 e. The molecule has 0 saturated carbocycles. The van der Waals surface area contributed by atoms with Crippen molar-refractivity contribution in [3.63, 3.8) is 0 Å². The van der Waals surface area contributed by atoms with Crippen LogP contribution in [0, 0.1) is 5.92 Å². The van der Waals surface area contributed by atoms with Crippen molar-refractivity contribution >= 4 is 17.6 Å². The van der Waals surface area contributed by atoms with Crippen molar-refractivity contribution in [2.24, 2.45) is 10.9 Å². The van der Waals surface area contributed by atoms with E-state index in [-0.39, 0.29) is 5.91 Å². The number of nitrogens with one attached hydrogen (secondary N) is 2. The van der Waals surface area contributed by atoms with Crippen LogP contribution in [0.15, 0.2) is 29.3 Å². The Morgan fingerprint density at radius 3 is 2.48 bits per heavy atom. The molecular formula is C23H37N5O. The van der Waals surface area contributed by atoms with Crippen LogP contribution in [0.5, 0.6) is 0 Å². The molecule has 1 aromatic carbocycles. The third-order valence-electron chi connectivity index (χ3n) is 5.89. The van der Waals surface area contributed by atoms with Crippen LogP contribution in [0.25, 0.3) is 0 Å².